The molecule has 0 unspecified atom stereocenters. The zero-order valence-electron chi connectivity index (χ0n) is 10.4. The Morgan fingerprint density at radius 3 is 2.37 bits per heavy atom. The lowest BCUT2D eigenvalue weighted by atomic mass is 10.1. The lowest BCUT2D eigenvalue weighted by Gasteiger charge is -2.10. The van der Waals surface area contributed by atoms with Crippen molar-refractivity contribution in [2.24, 2.45) is 0 Å². The van der Waals surface area contributed by atoms with E-state index in [1.165, 1.54) is 6.92 Å². The van der Waals surface area contributed by atoms with Gasteiger partial charge in [0.15, 0.2) is 10.9 Å². The fourth-order valence-electron chi connectivity index (χ4n) is 1.52. The number of Topliss-reactive ketones (excluding diaryl/α,β-unsaturated/α-hetero) is 1. The molecule has 0 aliphatic heterocycles. The summed E-state index contributed by atoms with van der Waals surface area (Å²) in [4.78, 5) is 15.1. The number of rotatable bonds is 3. The molecule has 2 aromatic rings. The Hall–Kier alpha value is -2.27. The number of ketones is 1. The molecule has 0 bridgehead atoms. The van der Waals surface area contributed by atoms with Crippen molar-refractivity contribution in [3.05, 3.63) is 54.4 Å². The van der Waals surface area contributed by atoms with Crippen molar-refractivity contribution in [2.75, 3.05) is 10.6 Å². The Labute approximate surface area is 116 Å². The molecule has 0 saturated heterocycles. The van der Waals surface area contributed by atoms with Gasteiger partial charge < -0.3 is 10.6 Å². The van der Waals surface area contributed by atoms with Crippen LogP contribution < -0.4 is 10.6 Å². The zero-order chi connectivity index (χ0) is 13.7. The van der Waals surface area contributed by atoms with Gasteiger partial charge in [-0.1, -0.05) is 0 Å². The molecule has 1 heterocycles. The fourth-order valence-corrected chi connectivity index (χ4v) is 1.75. The molecular formula is C14H13N3OS. The number of hydrogen-bond acceptors (Lipinski definition) is 3. The van der Waals surface area contributed by atoms with Crippen LogP contribution >= 0.6 is 12.2 Å². The first-order chi connectivity index (χ1) is 9.15. The summed E-state index contributed by atoms with van der Waals surface area (Å²) in [6.07, 6.45) is 3.38. The summed E-state index contributed by atoms with van der Waals surface area (Å²) < 4.78 is 0. The van der Waals surface area contributed by atoms with Crippen molar-refractivity contribution in [1.29, 1.82) is 0 Å². The first kappa shape index (κ1) is 13.2. The minimum atomic E-state index is 0.0441. The second kappa shape index (κ2) is 6.06. The number of carbonyl (C=O) groups excluding carboxylic acids is 1. The molecule has 0 aliphatic rings. The summed E-state index contributed by atoms with van der Waals surface area (Å²) in [6.45, 7) is 1.54. The standard InChI is InChI=1S/C14H13N3OS/c1-10(18)11-4-6-12(7-5-11)16-14(19)17-13-3-2-8-15-9-13/h2-9H,1H3,(H2,16,17,19). The monoisotopic (exact) mass is 271 g/mol. The normalized spacial score (nSPS) is 9.74. The van der Waals surface area contributed by atoms with E-state index < -0.39 is 0 Å². The van der Waals surface area contributed by atoms with Crippen LogP contribution in [0.4, 0.5) is 11.4 Å². The molecule has 4 nitrogen and oxygen atoms in total. The summed E-state index contributed by atoms with van der Waals surface area (Å²) >= 11 is 5.19. The Bertz CT molecular complexity index is 581. The number of thiocarbonyl (C=S) groups is 1. The number of pyridine rings is 1. The predicted molar refractivity (Wildman–Crippen MR) is 80.5 cm³/mol. The topological polar surface area (TPSA) is 54.0 Å². The van der Waals surface area contributed by atoms with Gasteiger partial charge in [0.1, 0.15) is 0 Å². The maximum Gasteiger partial charge on any atom is 0.175 e. The maximum atomic E-state index is 11.2. The largest absolute Gasteiger partial charge is 0.332 e. The first-order valence-corrected chi connectivity index (χ1v) is 6.15. The van der Waals surface area contributed by atoms with Crippen LogP contribution in [-0.2, 0) is 0 Å². The van der Waals surface area contributed by atoms with E-state index in [4.69, 9.17) is 12.2 Å². The first-order valence-electron chi connectivity index (χ1n) is 5.74. The van der Waals surface area contributed by atoms with E-state index >= 15 is 0 Å². The van der Waals surface area contributed by atoms with Crippen LogP contribution in [0.25, 0.3) is 0 Å². The molecule has 0 aliphatic carbocycles. The van der Waals surface area contributed by atoms with E-state index in [2.05, 4.69) is 15.6 Å². The highest BCUT2D eigenvalue weighted by Crippen LogP contribution is 2.11. The van der Waals surface area contributed by atoms with Crippen molar-refractivity contribution in [3.63, 3.8) is 0 Å². The average molecular weight is 271 g/mol. The van der Waals surface area contributed by atoms with Crippen LogP contribution in [0.1, 0.15) is 17.3 Å². The Morgan fingerprint density at radius 2 is 1.79 bits per heavy atom. The van der Waals surface area contributed by atoms with Crippen molar-refractivity contribution in [1.82, 2.24) is 4.98 Å². The molecule has 0 saturated carbocycles. The highest BCUT2D eigenvalue weighted by molar-refractivity contribution is 7.80. The van der Waals surface area contributed by atoms with Crippen LogP contribution in [0.5, 0.6) is 0 Å². The van der Waals surface area contributed by atoms with E-state index in [1.807, 2.05) is 24.3 Å². The summed E-state index contributed by atoms with van der Waals surface area (Å²) in [6, 6.07) is 10.9. The lowest BCUT2D eigenvalue weighted by molar-refractivity contribution is 0.101. The van der Waals surface area contributed by atoms with Crippen LogP contribution in [0.2, 0.25) is 0 Å². The molecule has 1 aromatic carbocycles. The van der Waals surface area contributed by atoms with Crippen LogP contribution in [0.15, 0.2) is 48.8 Å². The number of nitrogens with one attached hydrogen (secondary N) is 2. The third kappa shape index (κ3) is 3.86. The van der Waals surface area contributed by atoms with E-state index in [0.29, 0.717) is 10.7 Å². The van der Waals surface area contributed by atoms with Gasteiger partial charge in [0, 0.05) is 17.4 Å². The van der Waals surface area contributed by atoms with Crippen molar-refractivity contribution in [3.8, 4) is 0 Å². The number of benzene rings is 1. The van der Waals surface area contributed by atoms with Gasteiger partial charge >= 0.3 is 0 Å². The summed E-state index contributed by atoms with van der Waals surface area (Å²) in [5, 5.41) is 6.53. The molecule has 96 valence electrons. The molecule has 1 aromatic heterocycles. The second-order valence-corrected chi connectivity index (χ2v) is 4.36. The van der Waals surface area contributed by atoms with Gasteiger partial charge in [0.25, 0.3) is 0 Å². The molecule has 0 radical (unpaired) electrons. The number of anilines is 2. The smallest absolute Gasteiger partial charge is 0.175 e. The van der Waals surface area contributed by atoms with Crippen molar-refractivity contribution < 1.29 is 4.79 Å². The zero-order valence-corrected chi connectivity index (χ0v) is 11.2. The van der Waals surface area contributed by atoms with Crippen molar-refractivity contribution in [2.45, 2.75) is 6.92 Å². The highest BCUT2D eigenvalue weighted by Gasteiger charge is 2.01. The van der Waals surface area contributed by atoms with E-state index in [-0.39, 0.29) is 5.78 Å². The highest BCUT2D eigenvalue weighted by atomic mass is 32.1. The molecule has 0 spiro atoms. The van der Waals surface area contributed by atoms with Gasteiger partial charge in [-0.25, -0.2) is 0 Å². The number of aromatic nitrogens is 1. The summed E-state index contributed by atoms with van der Waals surface area (Å²) in [5.74, 6) is 0.0441. The number of nitrogens with zero attached hydrogens (tertiary/aromatic N) is 1. The number of carbonyl (C=O) groups is 1. The van der Waals surface area contributed by atoms with E-state index in [9.17, 15) is 4.79 Å². The van der Waals surface area contributed by atoms with E-state index in [0.717, 1.165) is 11.4 Å². The molecule has 0 fully saturated rings. The second-order valence-electron chi connectivity index (χ2n) is 3.95. The van der Waals surface area contributed by atoms with Crippen LogP contribution in [-0.4, -0.2) is 15.9 Å². The van der Waals surface area contributed by atoms with Gasteiger partial charge in [-0.05, 0) is 55.5 Å². The number of hydrogen-bond donors (Lipinski definition) is 2. The molecular weight excluding hydrogens is 258 g/mol. The molecule has 5 heteroatoms. The lowest BCUT2D eigenvalue weighted by Crippen LogP contribution is -2.19. The van der Waals surface area contributed by atoms with Crippen LogP contribution in [0, 0.1) is 0 Å². The third-order valence-electron chi connectivity index (χ3n) is 2.47. The van der Waals surface area contributed by atoms with Gasteiger partial charge in [0.05, 0.1) is 11.9 Å². The molecule has 2 N–H and O–H groups in total. The summed E-state index contributed by atoms with van der Waals surface area (Å²) in [5.41, 5.74) is 2.32. The molecule has 19 heavy (non-hydrogen) atoms. The summed E-state index contributed by atoms with van der Waals surface area (Å²) in [7, 11) is 0. The molecule has 2 rings (SSSR count). The van der Waals surface area contributed by atoms with E-state index in [1.54, 1.807) is 24.5 Å². The van der Waals surface area contributed by atoms with Crippen LogP contribution in [0.3, 0.4) is 0 Å². The third-order valence-corrected chi connectivity index (χ3v) is 2.67. The molecule has 0 amide bonds. The van der Waals surface area contributed by atoms with Gasteiger partial charge in [0.2, 0.25) is 0 Å². The van der Waals surface area contributed by atoms with Gasteiger partial charge in [-0.15, -0.1) is 0 Å². The Kier molecular flexibility index (Phi) is 4.20. The Morgan fingerprint density at radius 1 is 1.11 bits per heavy atom. The maximum absolute atomic E-state index is 11.2. The fraction of sp³-hybridized carbons (Fsp3) is 0.0714. The molecule has 0 atom stereocenters. The van der Waals surface area contributed by atoms with Gasteiger partial charge in [-0.2, -0.15) is 0 Å². The minimum absolute atomic E-state index is 0.0441. The quantitative estimate of drug-likeness (QED) is 0.663. The predicted octanol–water partition coefficient (Wildman–Crippen LogP) is 3.09. The minimum Gasteiger partial charge on any atom is -0.332 e. The van der Waals surface area contributed by atoms with Gasteiger partial charge in [-0.3, -0.25) is 9.78 Å². The SMILES string of the molecule is CC(=O)c1ccc(NC(=S)Nc2cccnc2)cc1. The average Bonchev–Trinajstić information content (AvgIpc) is 2.40. The van der Waals surface area contributed by atoms with Crippen molar-refractivity contribution >= 4 is 34.5 Å². The Balaban J connectivity index is 1.97.